The number of nitrogens with zero attached hydrogens (tertiary/aromatic N) is 2. The Kier molecular flexibility index (Phi) is 6.13. The molecule has 4 rings (SSSR count). The maximum atomic E-state index is 12.5. The normalized spacial score (nSPS) is 10.5. The van der Waals surface area contributed by atoms with E-state index in [-0.39, 0.29) is 11.9 Å². The van der Waals surface area contributed by atoms with E-state index in [1.165, 1.54) is 0 Å². The van der Waals surface area contributed by atoms with E-state index in [0.29, 0.717) is 12.0 Å². The van der Waals surface area contributed by atoms with Gasteiger partial charge in [-0.3, -0.25) is 10.1 Å². The first kappa shape index (κ1) is 20.0. The number of benzene rings is 3. The first-order valence-corrected chi connectivity index (χ1v) is 9.67. The summed E-state index contributed by atoms with van der Waals surface area (Å²) in [5.41, 5.74) is 3.05. The van der Waals surface area contributed by atoms with Crippen LogP contribution in [0.3, 0.4) is 0 Å². The average Bonchev–Trinajstić information content (AvgIpc) is 3.27. The van der Waals surface area contributed by atoms with Gasteiger partial charge in [-0.15, -0.1) is 5.10 Å². The fourth-order valence-electron chi connectivity index (χ4n) is 3.02. The molecular formula is C24H19N3O4. The topological polar surface area (TPSA) is 94.3 Å². The second-order valence-corrected chi connectivity index (χ2v) is 6.72. The number of esters is 1. The summed E-state index contributed by atoms with van der Waals surface area (Å²) in [6.07, 6.45) is 0.586. The standard InChI is InChI=1S/C24H19N3O4/c28-21(25-24-27-26-22(31-24)18-11-5-2-6-12-18)16-30-23(29)20-14-8-7-13-19(20)15-17-9-3-1-4-10-17/h1-14H,15-16H2,(H,25,27,28). The number of amides is 1. The molecule has 0 fully saturated rings. The highest BCUT2D eigenvalue weighted by atomic mass is 16.5. The summed E-state index contributed by atoms with van der Waals surface area (Å²) in [5, 5.41) is 10.1. The molecule has 0 aliphatic carbocycles. The highest BCUT2D eigenvalue weighted by molar-refractivity contribution is 5.95. The first-order chi connectivity index (χ1) is 15.2. The minimum atomic E-state index is -0.572. The van der Waals surface area contributed by atoms with Crippen molar-refractivity contribution in [2.24, 2.45) is 0 Å². The van der Waals surface area contributed by atoms with Crippen LogP contribution in [-0.2, 0) is 16.0 Å². The van der Waals surface area contributed by atoms with E-state index in [0.717, 1.165) is 16.7 Å². The van der Waals surface area contributed by atoms with Crippen LogP contribution in [0.25, 0.3) is 11.5 Å². The molecule has 0 spiro atoms. The smallest absolute Gasteiger partial charge is 0.338 e. The molecular weight excluding hydrogens is 394 g/mol. The van der Waals surface area contributed by atoms with Crippen molar-refractivity contribution in [3.05, 3.63) is 102 Å². The van der Waals surface area contributed by atoms with Crippen LogP contribution in [0.5, 0.6) is 0 Å². The zero-order chi connectivity index (χ0) is 21.5. The van der Waals surface area contributed by atoms with E-state index < -0.39 is 18.5 Å². The molecule has 0 saturated carbocycles. The van der Waals surface area contributed by atoms with Crippen LogP contribution in [0.4, 0.5) is 6.01 Å². The van der Waals surface area contributed by atoms with Crippen LogP contribution in [0, 0.1) is 0 Å². The molecule has 0 aliphatic rings. The van der Waals surface area contributed by atoms with Crippen LogP contribution in [0.15, 0.2) is 89.3 Å². The third kappa shape index (κ3) is 5.22. The maximum Gasteiger partial charge on any atom is 0.338 e. The molecule has 4 aromatic rings. The van der Waals surface area contributed by atoms with Gasteiger partial charge >= 0.3 is 12.0 Å². The number of aromatic nitrogens is 2. The molecule has 0 bridgehead atoms. The lowest BCUT2D eigenvalue weighted by molar-refractivity contribution is -0.119. The number of hydrogen-bond donors (Lipinski definition) is 1. The molecule has 1 N–H and O–H groups in total. The molecule has 154 valence electrons. The van der Waals surface area contributed by atoms with Crippen LogP contribution in [0.2, 0.25) is 0 Å². The molecule has 1 heterocycles. The molecule has 0 saturated heterocycles. The number of anilines is 1. The highest BCUT2D eigenvalue weighted by Gasteiger charge is 2.16. The fraction of sp³-hybridized carbons (Fsp3) is 0.0833. The van der Waals surface area contributed by atoms with E-state index in [2.05, 4.69) is 15.5 Å². The Labute approximate surface area is 178 Å². The third-order valence-electron chi connectivity index (χ3n) is 4.50. The average molecular weight is 413 g/mol. The van der Waals surface area contributed by atoms with Gasteiger partial charge in [0.15, 0.2) is 6.61 Å². The maximum absolute atomic E-state index is 12.5. The van der Waals surface area contributed by atoms with Crippen molar-refractivity contribution < 1.29 is 18.7 Å². The number of ether oxygens (including phenoxy) is 1. The van der Waals surface area contributed by atoms with Crippen molar-refractivity contribution in [3.63, 3.8) is 0 Å². The summed E-state index contributed by atoms with van der Waals surface area (Å²) in [6, 6.07) is 26.1. The van der Waals surface area contributed by atoms with Crippen LogP contribution >= 0.6 is 0 Å². The third-order valence-corrected chi connectivity index (χ3v) is 4.50. The molecule has 7 nitrogen and oxygen atoms in total. The van der Waals surface area contributed by atoms with Gasteiger partial charge in [0.25, 0.3) is 5.91 Å². The summed E-state index contributed by atoms with van der Waals surface area (Å²) in [5.74, 6) is -0.864. The zero-order valence-electron chi connectivity index (χ0n) is 16.5. The predicted molar refractivity (Wildman–Crippen MR) is 114 cm³/mol. The van der Waals surface area contributed by atoms with Crippen molar-refractivity contribution in [1.29, 1.82) is 0 Å². The predicted octanol–water partition coefficient (Wildman–Crippen LogP) is 4.12. The Hall–Kier alpha value is -4.26. The summed E-state index contributed by atoms with van der Waals surface area (Å²) in [7, 11) is 0. The second kappa shape index (κ2) is 9.49. The molecule has 0 radical (unpaired) electrons. The minimum absolute atomic E-state index is 0.0654. The van der Waals surface area contributed by atoms with Crippen molar-refractivity contribution in [2.45, 2.75) is 6.42 Å². The molecule has 1 aromatic heterocycles. The van der Waals surface area contributed by atoms with Gasteiger partial charge < -0.3 is 9.15 Å². The van der Waals surface area contributed by atoms with Gasteiger partial charge in [-0.2, -0.15) is 0 Å². The van der Waals surface area contributed by atoms with Crippen molar-refractivity contribution >= 4 is 17.9 Å². The highest BCUT2D eigenvalue weighted by Crippen LogP contribution is 2.19. The molecule has 31 heavy (non-hydrogen) atoms. The summed E-state index contributed by atoms with van der Waals surface area (Å²) in [6.45, 7) is -0.471. The molecule has 0 aliphatic heterocycles. The Morgan fingerprint density at radius 2 is 1.52 bits per heavy atom. The van der Waals surface area contributed by atoms with E-state index in [4.69, 9.17) is 9.15 Å². The van der Waals surface area contributed by atoms with Crippen LogP contribution in [0.1, 0.15) is 21.5 Å². The summed E-state index contributed by atoms with van der Waals surface area (Å²) >= 11 is 0. The molecule has 1 amide bonds. The summed E-state index contributed by atoms with van der Waals surface area (Å²) in [4.78, 5) is 24.7. The Morgan fingerprint density at radius 1 is 0.839 bits per heavy atom. The van der Waals surface area contributed by atoms with Gasteiger partial charge in [-0.1, -0.05) is 71.8 Å². The number of carbonyl (C=O) groups excluding carboxylic acids is 2. The summed E-state index contributed by atoms with van der Waals surface area (Å²) < 4.78 is 10.6. The monoisotopic (exact) mass is 413 g/mol. The van der Waals surface area contributed by atoms with E-state index >= 15 is 0 Å². The van der Waals surface area contributed by atoms with E-state index in [9.17, 15) is 9.59 Å². The quantitative estimate of drug-likeness (QED) is 0.458. The largest absolute Gasteiger partial charge is 0.452 e. The first-order valence-electron chi connectivity index (χ1n) is 9.67. The number of nitrogens with one attached hydrogen (secondary N) is 1. The van der Waals surface area contributed by atoms with Crippen molar-refractivity contribution in [1.82, 2.24) is 10.2 Å². The van der Waals surface area contributed by atoms with Crippen LogP contribution in [-0.4, -0.2) is 28.7 Å². The lowest BCUT2D eigenvalue weighted by Crippen LogP contribution is -2.21. The van der Waals surface area contributed by atoms with Crippen molar-refractivity contribution in [2.75, 3.05) is 11.9 Å². The van der Waals surface area contributed by atoms with Gasteiger partial charge in [0.1, 0.15) is 0 Å². The van der Waals surface area contributed by atoms with Gasteiger partial charge in [0, 0.05) is 5.56 Å². The van der Waals surface area contributed by atoms with Gasteiger partial charge in [0.05, 0.1) is 5.56 Å². The zero-order valence-corrected chi connectivity index (χ0v) is 16.5. The SMILES string of the molecule is O=C(COC(=O)c1ccccc1Cc1ccccc1)Nc1nnc(-c2ccccc2)o1. The Bertz CT molecular complexity index is 1170. The van der Waals surface area contributed by atoms with Gasteiger partial charge in [0.2, 0.25) is 5.89 Å². The number of carbonyl (C=O) groups is 2. The molecule has 0 unspecified atom stereocenters. The molecule has 0 atom stereocenters. The molecule has 7 heteroatoms. The number of hydrogen-bond acceptors (Lipinski definition) is 6. The van der Waals surface area contributed by atoms with E-state index in [1.54, 1.807) is 12.1 Å². The minimum Gasteiger partial charge on any atom is -0.452 e. The fourth-order valence-corrected chi connectivity index (χ4v) is 3.02. The van der Waals surface area contributed by atoms with E-state index in [1.807, 2.05) is 72.8 Å². The van der Waals surface area contributed by atoms with Crippen molar-refractivity contribution in [3.8, 4) is 11.5 Å². The Morgan fingerprint density at radius 3 is 2.29 bits per heavy atom. The lowest BCUT2D eigenvalue weighted by Gasteiger charge is -2.09. The number of rotatable bonds is 7. The lowest BCUT2D eigenvalue weighted by atomic mass is 10.00. The Balaban J connectivity index is 1.35. The van der Waals surface area contributed by atoms with Gasteiger partial charge in [-0.25, -0.2) is 4.79 Å². The molecule has 3 aromatic carbocycles. The van der Waals surface area contributed by atoms with Gasteiger partial charge in [-0.05, 0) is 35.7 Å². The van der Waals surface area contributed by atoms with Crippen LogP contribution < -0.4 is 5.32 Å². The second-order valence-electron chi connectivity index (χ2n) is 6.72.